The second kappa shape index (κ2) is 7.53. The van der Waals surface area contributed by atoms with Gasteiger partial charge in [0, 0.05) is 12.1 Å². The van der Waals surface area contributed by atoms with E-state index in [1.54, 1.807) is 13.8 Å². The lowest BCUT2D eigenvalue weighted by atomic mass is 10.2. The summed E-state index contributed by atoms with van der Waals surface area (Å²) >= 11 is 5.86. The van der Waals surface area contributed by atoms with Crippen molar-refractivity contribution in [1.29, 1.82) is 0 Å². The molecule has 0 aliphatic carbocycles. The highest BCUT2D eigenvalue weighted by atomic mass is 35.5. The van der Waals surface area contributed by atoms with Gasteiger partial charge in [-0.25, -0.2) is 8.96 Å². The van der Waals surface area contributed by atoms with E-state index in [1.165, 1.54) is 0 Å². The molecule has 5 nitrogen and oxygen atoms in total. The molecule has 2 aromatic rings. The molecule has 0 fully saturated rings. The van der Waals surface area contributed by atoms with Gasteiger partial charge in [-0.1, -0.05) is 11.6 Å². The summed E-state index contributed by atoms with van der Waals surface area (Å²) in [6.45, 7) is 3.28. The van der Waals surface area contributed by atoms with Crippen LogP contribution in [0.5, 0.6) is 11.8 Å². The molecule has 0 aliphatic heterocycles. The van der Waals surface area contributed by atoms with Crippen molar-refractivity contribution in [2.75, 3.05) is 7.11 Å². The first kappa shape index (κ1) is 21.9. The molecule has 1 aromatic carbocycles. The van der Waals surface area contributed by atoms with Gasteiger partial charge in [-0.05, 0) is 19.9 Å². The average Bonchev–Trinajstić information content (AvgIpc) is 2.55. The normalized spacial score (nSPS) is 12.4. The lowest BCUT2D eigenvalue weighted by Gasteiger charge is -2.20. The summed E-state index contributed by atoms with van der Waals surface area (Å²) in [5, 5.41) is -0.143. The molecule has 0 bridgehead atoms. The third-order valence-corrected chi connectivity index (χ3v) is 3.65. The Morgan fingerprint density at radius 3 is 2.25 bits per heavy atom. The maximum absolute atomic E-state index is 14.4. The van der Waals surface area contributed by atoms with Gasteiger partial charge in [0.15, 0.2) is 0 Å². The number of hydrogen-bond donors (Lipinski definition) is 0. The van der Waals surface area contributed by atoms with Crippen LogP contribution in [0.4, 0.5) is 26.3 Å². The van der Waals surface area contributed by atoms with Gasteiger partial charge in [-0.2, -0.15) is 26.9 Å². The van der Waals surface area contributed by atoms with E-state index in [2.05, 4.69) is 9.72 Å². The van der Waals surface area contributed by atoms with Crippen molar-refractivity contribution >= 4 is 11.6 Å². The zero-order valence-electron chi connectivity index (χ0n) is 14.6. The van der Waals surface area contributed by atoms with Crippen LogP contribution in [0.25, 0.3) is 5.69 Å². The van der Waals surface area contributed by atoms with E-state index in [4.69, 9.17) is 16.3 Å². The molecule has 0 saturated carbocycles. The molecule has 0 radical (unpaired) electrons. The maximum Gasteiger partial charge on any atom is 0.459 e. The van der Waals surface area contributed by atoms with Crippen LogP contribution in [0.15, 0.2) is 23.0 Å². The minimum Gasteiger partial charge on any atom is -0.489 e. The topological polar surface area (TPSA) is 53.3 Å². The monoisotopic (exact) mass is 430 g/mol. The number of ether oxygens (including phenoxy) is 2. The molecule has 0 saturated heterocycles. The molecule has 0 aliphatic rings. The van der Waals surface area contributed by atoms with Crippen LogP contribution in [0.1, 0.15) is 19.5 Å². The quantitative estimate of drug-likeness (QED) is 0.657. The molecule has 12 heteroatoms. The predicted molar refractivity (Wildman–Crippen MR) is 87.1 cm³/mol. The Balaban J connectivity index is 2.73. The van der Waals surface area contributed by atoms with Crippen LogP contribution in [-0.4, -0.2) is 28.9 Å². The van der Waals surface area contributed by atoms with Crippen LogP contribution in [0.3, 0.4) is 0 Å². The van der Waals surface area contributed by atoms with Gasteiger partial charge < -0.3 is 9.47 Å². The van der Waals surface area contributed by atoms with Crippen LogP contribution in [0.2, 0.25) is 5.02 Å². The van der Waals surface area contributed by atoms with E-state index in [0.717, 1.165) is 19.2 Å². The zero-order valence-corrected chi connectivity index (χ0v) is 15.3. The Bertz CT molecular complexity index is 943. The molecule has 1 heterocycles. The number of aromatic nitrogens is 2. The molecular weight excluding hydrogens is 418 g/mol. The standard InChI is InChI=1S/C16H13ClF6N2O3/c1-7(2)28-11-5-10(9(18)4-8(11)17)25-13(26)6-12(24-14(25)27-3)15(19,20)16(21,22)23/h4-7H,1-3H3. The summed E-state index contributed by atoms with van der Waals surface area (Å²) in [7, 11) is 0.868. The fourth-order valence-corrected chi connectivity index (χ4v) is 2.35. The SMILES string of the molecule is COc1nc(C(F)(F)C(F)(F)F)cc(=O)n1-c1cc(OC(C)C)c(Cl)cc1F. The maximum atomic E-state index is 14.4. The molecule has 154 valence electrons. The molecule has 1 aromatic heterocycles. The molecule has 2 rings (SSSR count). The van der Waals surface area contributed by atoms with Gasteiger partial charge in [-0.15, -0.1) is 0 Å². The highest BCUT2D eigenvalue weighted by molar-refractivity contribution is 6.32. The van der Waals surface area contributed by atoms with Gasteiger partial charge in [-0.3, -0.25) is 4.79 Å². The Hall–Kier alpha value is -2.43. The number of alkyl halides is 5. The van der Waals surface area contributed by atoms with E-state index in [-0.39, 0.29) is 22.9 Å². The van der Waals surface area contributed by atoms with Gasteiger partial charge in [0.1, 0.15) is 17.3 Å². The zero-order chi connectivity index (χ0) is 21.4. The van der Waals surface area contributed by atoms with E-state index in [9.17, 15) is 31.1 Å². The van der Waals surface area contributed by atoms with Crippen molar-refractivity contribution in [3.05, 3.63) is 45.1 Å². The van der Waals surface area contributed by atoms with Crippen molar-refractivity contribution in [2.45, 2.75) is 32.1 Å². The minimum atomic E-state index is -5.99. The number of halogens is 7. The molecule has 0 atom stereocenters. The third-order valence-electron chi connectivity index (χ3n) is 3.35. The second-order valence-corrected chi connectivity index (χ2v) is 6.18. The highest BCUT2D eigenvalue weighted by Crippen LogP contribution is 2.43. The number of rotatable bonds is 5. The van der Waals surface area contributed by atoms with Crippen LogP contribution in [0, 0.1) is 5.82 Å². The lowest BCUT2D eigenvalue weighted by molar-refractivity contribution is -0.291. The summed E-state index contributed by atoms with van der Waals surface area (Å²) in [5.41, 5.74) is -3.87. The predicted octanol–water partition coefficient (Wildman–Crippen LogP) is 4.47. The fourth-order valence-electron chi connectivity index (χ4n) is 2.16. The van der Waals surface area contributed by atoms with Gasteiger partial charge >= 0.3 is 18.1 Å². The largest absolute Gasteiger partial charge is 0.489 e. The smallest absolute Gasteiger partial charge is 0.459 e. The Morgan fingerprint density at radius 1 is 1.14 bits per heavy atom. The van der Waals surface area contributed by atoms with Crippen LogP contribution >= 0.6 is 11.6 Å². The van der Waals surface area contributed by atoms with Crippen molar-refractivity contribution < 1.29 is 35.8 Å². The van der Waals surface area contributed by atoms with E-state index < -0.39 is 40.9 Å². The molecule has 0 spiro atoms. The highest BCUT2D eigenvalue weighted by Gasteiger charge is 2.60. The molecular formula is C16H13ClF6N2O3. The van der Waals surface area contributed by atoms with Crippen LogP contribution in [-0.2, 0) is 5.92 Å². The van der Waals surface area contributed by atoms with Crippen molar-refractivity contribution in [1.82, 2.24) is 9.55 Å². The van der Waals surface area contributed by atoms with Crippen molar-refractivity contribution in [3.63, 3.8) is 0 Å². The third kappa shape index (κ3) is 4.03. The first-order chi connectivity index (χ1) is 12.8. The number of benzene rings is 1. The van der Waals surface area contributed by atoms with Gasteiger partial charge in [0.05, 0.1) is 23.9 Å². The summed E-state index contributed by atoms with van der Waals surface area (Å²) in [6, 6.07) is 0.736. The fraction of sp³-hybridized carbons (Fsp3) is 0.375. The minimum absolute atomic E-state index is 0.0486. The van der Waals surface area contributed by atoms with E-state index in [1.807, 2.05) is 0 Å². The summed E-state index contributed by atoms with van der Waals surface area (Å²) in [6.07, 6.45) is -6.38. The Morgan fingerprint density at radius 2 is 1.75 bits per heavy atom. The Kier molecular flexibility index (Phi) is 5.88. The number of hydrogen-bond acceptors (Lipinski definition) is 4. The molecule has 0 unspecified atom stereocenters. The first-order valence-corrected chi connectivity index (χ1v) is 7.96. The molecule has 28 heavy (non-hydrogen) atoms. The molecule has 0 N–H and O–H groups in total. The molecule has 0 amide bonds. The first-order valence-electron chi connectivity index (χ1n) is 7.58. The van der Waals surface area contributed by atoms with Crippen molar-refractivity contribution in [2.24, 2.45) is 0 Å². The van der Waals surface area contributed by atoms with Crippen LogP contribution < -0.4 is 15.0 Å². The van der Waals surface area contributed by atoms with E-state index in [0.29, 0.717) is 4.57 Å². The number of nitrogens with zero attached hydrogens (tertiary/aromatic N) is 2. The summed E-state index contributed by atoms with van der Waals surface area (Å²) < 4.78 is 89.5. The van der Waals surface area contributed by atoms with E-state index >= 15 is 0 Å². The van der Waals surface area contributed by atoms with Gasteiger partial charge in [0.2, 0.25) is 0 Å². The van der Waals surface area contributed by atoms with Gasteiger partial charge in [0.25, 0.3) is 5.56 Å². The second-order valence-electron chi connectivity index (χ2n) is 5.77. The van der Waals surface area contributed by atoms with Crippen molar-refractivity contribution in [3.8, 4) is 17.4 Å². The summed E-state index contributed by atoms with van der Waals surface area (Å²) in [5.74, 6) is -6.55. The average molecular weight is 431 g/mol. The number of methoxy groups -OCH3 is 1. The lowest BCUT2D eigenvalue weighted by Crippen LogP contribution is -2.36. The summed E-state index contributed by atoms with van der Waals surface area (Å²) in [4.78, 5) is 15.3. The Labute approximate surface area is 159 Å².